The molecule has 2 rings (SSSR count). The van der Waals surface area contributed by atoms with Crippen LogP contribution < -0.4 is 10.3 Å². The summed E-state index contributed by atoms with van der Waals surface area (Å²) >= 11 is 0. The van der Waals surface area contributed by atoms with Crippen molar-refractivity contribution in [3.05, 3.63) is 39.7 Å². The normalized spacial score (nSPS) is 11.2. The number of nitrogens with zero attached hydrogens (tertiary/aromatic N) is 2. The van der Waals surface area contributed by atoms with Crippen LogP contribution in [0.15, 0.2) is 23.0 Å². The third-order valence-corrected chi connectivity index (χ3v) is 3.92. The molecule has 0 aliphatic rings. The summed E-state index contributed by atoms with van der Waals surface area (Å²) in [5, 5.41) is 9.67. The molecule has 0 saturated carbocycles. The van der Waals surface area contributed by atoms with E-state index < -0.39 is 5.97 Å². The lowest BCUT2D eigenvalue weighted by Gasteiger charge is -2.22. The summed E-state index contributed by atoms with van der Waals surface area (Å²) in [6.45, 7) is 5.88. The second-order valence-corrected chi connectivity index (χ2v) is 6.02. The first-order valence-corrected chi connectivity index (χ1v) is 7.31. The Bertz CT molecular complexity index is 789. The van der Waals surface area contributed by atoms with Gasteiger partial charge < -0.3 is 14.6 Å². The van der Waals surface area contributed by atoms with Crippen LogP contribution in [0, 0.1) is 6.92 Å². The van der Waals surface area contributed by atoms with Gasteiger partial charge in [-0.1, -0.05) is 0 Å². The summed E-state index contributed by atoms with van der Waals surface area (Å²) < 4.78 is 2.04. The monoisotopic (exact) mass is 302 g/mol. The lowest BCUT2D eigenvalue weighted by Crippen LogP contribution is -2.22. The average molecular weight is 302 g/mol. The predicted molar refractivity (Wildman–Crippen MR) is 89.0 cm³/mol. The van der Waals surface area contributed by atoms with E-state index in [1.54, 1.807) is 0 Å². The summed E-state index contributed by atoms with van der Waals surface area (Å²) in [5.41, 5.74) is 2.68. The van der Waals surface area contributed by atoms with Gasteiger partial charge in [-0.3, -0.25) is 9.59 Å². The molecule has 0 amide bonds. The summed E-state index contributed by atoms with van der Waals surface area (Å²) in [7, 11) is 3.82. The van der Waals surface area contributed by atoms with Crippen molar-refractivity contribution < 1.29 is 9.90 Å². The summed E-state index contributed by atoms with van der Waals surface area (Å²) in [6, 6.07) is 5.88. The lowest BCUT2D eigenvalue weighted by molar-refractivity contribution is -0.136. The van der Waals surface area contributed by atoms with Crippen LogP contribution in [0.4, 0.5) is 5.69 Å². The molecule has 1 aromatic carbocycles. The first kappa shape index (κ1) is 16.1. The van der Waals surface area contributed by atoms with E-state index in [1.807, 2.05) is 62.5 Å². The molecule has 0 aliphatic heterocycles. The molecule has 0 aliphatic carbocycles. The largest absolute Gasteiger partial charge is 0.481 e. The predicted octanol–water partition coefficient (Wildman–Crippen LogP) is 2.58. The van der Waals surface area contributed by atoms with Gasteiger partial charge in [0.05, 0.1) is 11.9 Å². The number of carboxylic acid groups (broad SMARTS) is 1. The van der Waals surface area contributed by atoms with Gasteiger partial charge >= 0.3 is 5.97 Å². The molecule has 0 spiro atoms. The number of benzene rings is 1. The van der Waals surface area contributed by atoms with Crippen LogP contribution in [0.1, 0.15) is 31.1 Å². The topological polar surface area (TPSA) is 62.5 Å². The zero-order valence-corrected chi connectivity index (χ0v) is 13.7. The minimum Gasteiger partial charge on any atom is -0.481 e. The Balaban J connectivity index is 2.91. The molecule has 2 aromatic rings. The number of aliphatic carboxylic acids is 1. The fraction of sp³-hybridized carbons (Fsp3) is 0.412. The van der Waals surface area contributed by atoms with Crippen molar-refractivity contribution in [3.8, 4) is 0 Å². The Morgan fingerprint density at radius 3 is 2.45 bits per heavy atom. The van der Waals surface area contributed by atoms with E-state index in [0.717, 1.165) is 16.9 Å². The maximum absolute atomic E-state index is 12.7. The summed E-state index contributed by atoms with van der Waals surface area (Å²) in [5.74, 6) is -0.987. The molecule has 5 nitrogen and oxygen atoms in total. The van der Waals surface area contributed by atoms with Crippen molar-refractivity contribution in [1.82, 2.24) is 4.57 Å². The minimum absolute atomic E-state index is 0.140. The van der Waals surface area contributed by atoms with Crippen molar-refractivity contribution in [2.45, 2.75) is 33.2 Å². The van der Waals surface area contributed by atoms with Crippen molar-refractivity contribution in [1.29, 1.82) is 0 Å². The quantitative estimate of drug-likeness (QED) is 0.943. The molecule has 22 heavy (non-hydrogen) atoms. The van der Waals surface area contributed by atoms with Gasteiger partial charge in [0.15, 0.2) is 5.43 Å². The van der Waals surface area contributed by atoms with Crippen LogP contribution in [0.5, 0.6) is 0 Å². The third-order valence-electron chi connectivity index (χ3n) is 3.92. The molecular weight excluding hydrogens is 280 g/mol. The number of carboxylic acids is 1. The summed E-state index contributed by atoms with van der Waals surface area (Å²) in [6.07, 6.45) is -0.250. The number of hydrogen-bond acceptors (Lipinski definition) is 3. The highest BCUT2D eigenvalue weighted by Gasteiger charge is 2.18. The van der Waals surface area contributed by atoms with Gasteiger partial charge in [-0.2, -0.15) is 0 Å². The average Bonchev–Trinajstić information content (AvgIpc) is 2.42. The van der Waals surface area contributed by atoms with E-state index in [-0.39, 0.29) is 17.9 Å². The maximum Gasteiger partial charge on any atom is 0.308 e. The minimum atomic E-state index is -0.987. The zero-order valence-electron chi connectivity index (χ0n) is 13.7. The number of carbonyl (C=O) groups is 1. The molecule has 0 unspecified atom stereocenters. The smallest absolute Gasteiger partial charge is 0.308 e. The highest BCUT2D eigenvalue weighted by molar-refractivity contribution is 5.85. The first-order valence-electron chi connectivity index (χ1n) is 7.31. The molecule has 118 valence electrons. The van der Waals surface area contributed by atoms with Gasteiger partial charge in [0.1, 0.15) is 0 Å². The Morgan fingerprint density at radius 1 is 1.32 bits per heavy atom. The van der Waals surface area contributed by atoms with Crippen LogP contribution >= 0.6 is 0 Å². The van der Waals surface area contributed by atoms with Gasteiger partial charge in [-0.15, -0.1) is 0 Å². The second kappa shape index (κ2) is 5.83. The zero-order chi connectivity index (χ0) is 16.6. The number of aromatic nitrogens is 1. The lowest BCUT2D eigenvalue weighted by atomic mass is 10.0. The van der Waals surface area contributed by atoms with Crippen molar-refractivity contribution >= 4 is 22.6 Å². The molecule has 5 heteroatoms. The van der Waals surface area contributed by atoms with Gasteiger partial charge in [-0.25, -0.2) is 0 Å². The van der Waals surface area contributed by atoms with Gasteiger partial charge in [-0.05, 0) is 39.0 Å². The van der Waals surface area contributed by atoms with Gasteiger partial charge in [0, 0.05) is 42.5 Å². The van der Waals surface area contributed by atoms with Crippen LogP contribution in [-0.4, -0.2) is 29.7 Å². The number of anilines is 1. The van der Waals surface area contributed by atoms with Crippen molar-refractivity contribution in [2.24, 2.45) is 0 Å². The Morgan fingerprint density at radius 2 is 1.95 bits per heavy atom. The van der Waals surface area contributed by atoms with Crippen molar-refractivity contribution in [2.75, 3.05) is 19.0 Å². The second-order valence-electron chi connectivity index (χ2n) is 6.02. The Labute approximate surface area is 129 Å². The highest BCUT2D eigenvalue weighted by Crippen LogP contribution is 2.24. The van der Waals surface area contributed by atoms with Crippen LogP contribution in [0.2, 0.25) is 0 Å². The standard InChI is InChI=1S/C17H22N2O3/c1-10(2)19-11(3)13(9-16(20)21)17(22)14-8-12(18(4)5)6-7-15(14)19/h6-8,10H,9H2,1-5H3,(H,20,21). The van der Waals surface area contributed by atoms with E-state index in [0.29, 0.717) is 10.9 Å². The number of fused-ring (bicyclic) bond motifs is 1. The Hall–Kier alpha value is -2.30. The number of rotatable bonds is 4. The van der Waals surface area contributed by atoms with Gasteiger partial charge in [0.2, 0.25) is 0 Å². The molecule has 0 atom stereocenters. The molecular formula is C17H22N2O3. The number of hydrogen-bond donors (Lipinski definition) is 1. The Kier molecular flexibility index (Phi) is 4.26. The fourth-order valence-corrected chi connectivity index (χ4v) is 2.87. The molecule has 0 saturated heterocycles. The SMILES string of the molecule is Cc1c(CC(=O)O)c(=O)c2cc(N(C)C)ccc2n1C(C)C. The molecule has 0 fully saturated rings. The number of pyridine rings is 1. The van der Waals surface area contributed by atoms with E-state index >= 15 is 0 Å². The van der Waals surface area contributed by atoms with E-state index in [1.165, 1.54) is 0 Å². The maximum atomic E-state index is 12.7. The highest BCUT2D eigenvalue weighted by atomic mass is 16.4. The molecule has 1 aromatic heterocycles. The third kappa shape index (κ3) is 2.71. The van der Waals surface area contributed by atoms with E-state index in [2.05, 4.69) is 0 Å². The van der Waals surface area contributed by atoms with Gasteiger partial charge in [0.25, 0.3) is 0 Å². The fourth-order valence-electron chi connectivity index (χ4n) is 2.87. The molecule has 1 N–H and O–H groups in total. The van der Waals surface area contributed by atoms with Crippen molar-refractivity contribution in [3.63, 3.8) is 0 Å². The van der Waals surface area contributed by atoms with E-state index in [9.17, 15) is 9.59 Å². The van der Waals surface area contributed by atoms with E-state index in [4.69, 9.17) is 5.11 Å². The molecule has 0 radical (unpaired) electrons. The van der Waals surface area contributed by atoms with Crippen LogP contribution in [-0.2, 0) is 11.2 Å². The van der Waals surface area contributed by atoms with Crippen LogP contribution in [0.3, 0.4) is 0 Å². The van der Waals surface area contributed by atoms with Crippen LogP contribution in [0.25, 0.3) is 10.9 Å². The molecule has 1 heterocycles. The molecule has 0 bridgehead atoms. The summed E-state index contributed by atoms with van der Waals surface area (Å²) in [4.78, 5) is 25.8. The first-order chi connectivity index (χ1) is 10.2.